The third kappa shape index (κ3) is 6.12. The van der Waals surface area contributed by atoms with Gasteiger partial charge in [-0.3, -0.25) is 0 Å². The van der Waals surface area contributed by atoms with E-state index < -0.39 is 17.3 Å². The van der Waals surface area contributed by atoms with Gasteiger partial charge in [-0.1, -0.05) is 18.2 Å². The molecule has 5 aromatic carbocycles. The zero-order valence-corrected chi connectivity index (χ0v) is 28.6. The van der Waals surface area contributed by atoms with E-state index in [1.807, 2.05) is 23.1 Å². The summed E-state index contributed by atoms with van der Waals surface area (Å²) in [5.41, 5.74) is 5.16. The van der Waals surface area contributed by atoms with E-state index in [1.54, 1.807) is 0 Å². The summed E-state index contributed by atoms with van der Waals surface area (Å²) in [5.74, 6) is -0.529. The van der Waals surface area contributed by atoms with Crippen LogP contribution in [0.2, 0.25) is 0 Å². The summed E-state index contributed by atoms with van der Waals surface area (Å²) < 4.78 is 4.99. The predicted molar refractivity (Wildman–Crippen MR) is 195 cm³/mol. The molecule has 0 saturated carbocycles. The van der Waals surface area contributed by atoms with Crippen molar-refractivity contribution in [2.45, 2.75) is 25.4 Å². The number of halogens is 1. The first-order valence-corrected chi connectivity index (χ1v) is 20.2. The van der Waals surface area contributed by atoms with Crippen molar-refractivity contribution in [3.63, 3.8) is 0 Å². The zero-order valence-electron chi connectivity index (χ0n) is 26.1. The zero-order chi connectivity index (χ0) is 32.2. The number of hydrogen-bond acceptors (Lipinski definition) is 4. The van der Waals surface area contributed by atoms with Gasteiger partial charge < -0.3 is 0 Å². The standard InChI is InChI=1S/C39H38BrN2O3P/c1-45-38(43)27-36-39(44)42(25-24-29-14-6-3-7-15-29)28-31-23-22-30(26-35(31)41-36)34-20-12-13-21-37(34)46(2,40,32-16-8-4-9-17-32)33-18-10-5-11-19-33/h3-23,26,36,41H,24-25,27-28H2,1-2H3. The summed E-state index contributed by atoms with van der Waals surface area (Å²) in [6, 6.07) is 45.8. The van der Waals surface area contributed by atoms with Gasteiger partial charge in [-0.05, 0) is 0 Å². The van der Waals surface area contributed by atoms with Gasteiger partial charge in [-0.15, -0.1) is 0 Å². The van der Waals surface area contributed by atoms with Gasteiger partial charge in [-0.2, -0.15) is 0 Å². The molecular formula is C39H38BrN2O3P. The molecule has 1 amide bonds. The number of carbonyl (C=O) groups is 2. The first-order chi connectivity index (χ1) is 22.3. The van der Waals surface area contributed by atoms with Crippen molar-refractivity contribution < 1.29 is 14.3 Å². The van der Waals surface area contributed by atoms with E-state index in [1.165, 1.54) is 23.0 Å². The van der Waals surface area contributed by atoms with Gasteiger partial charge in [0.25, 0.3) is 0 Å². The normalized spacial score (nSPS) is 15.5. The number of rotatable bonds is 9. The molecule has 5 nitrogen and oxygen atoms in total. The Morgan fingerprint density at radius 1 is 0.848 bits per heavy atom. The van der Waals surface area contributed by atoms with E-state index in [9.17, 15) is 9.59 Å². The number of ether oxygens (including phenoxy) is 1. The van der Waals surface area contributed by atoms with E-state index in [4.69, 9.17) is 4.74 Å². The maximum atomic E-state index is 13.8. The second-order valence-corrected chi connectivity index (χ2v) is 21.7. The molecule has 0 bridgehead atoms. The molecule has 1 unspecified atom stereocenters. The second-order valence-electron chi connectivity index (χ2n) is 12.0. The Bertz CT molecular complexity index is 1800. The summed E-state index contributed by atoms with van der Waals surface area (Å²) in [5, 5.41) is 4.03. The first kappa shape index (κ1) is 31.7. The van der Waals surface area contributed by atoms with Crippen LogP contribution in [-0.2, 0) is 27.3 Å². The number of amides is 1. The van der Waals surface area contributed by atoms with E-state index in [0.29, 0.717) is 13.1 Å². The van der Waals surface area contributed by atoms with Crippen molar-refractivity contribution in [1.82, 2.24) is 4.90 Å². The molecule has 0 radical (unpaired) electrons. The quantitative estimate of drug-likeness (QED) is 0.133. The SMILES string of the molecule is COC(=O)CC1Nc2cc(-c3ccccc3P(C)(Br)(c3ccccc3)c3ccccc3)ccc2CN(CCc2ccccc2)C1=O. The van der Waals surface area contributed by atoms with Crippen LogP contribution in [0.3, 0.4) is 0 Å². The van der Waals surface area contributed by atoms with Gasteiger partial charge in [0, 0.05) is 0 Å². The van der Waals surface area contributed by atoms with Crippen LogP contribution in [-0.4, -0.2) is 43.1 Å². The molecule has 1 heterocycles. The fourth-order valence-corrected chi connectivity index (χ4v) is 12.6. The van der Waals surface area contributed by atoms with Gasteiger partial charge in [0.2, 0.25) is 0 Å². The molecule has 0 aromatic heterocycles. The first-order valence-electron chi connectivity index (χ1n) is 15.5. The number of methoxy groups -OCH3 is 1. The van der Waals surface area contributed by atoms with Crippen molar-refractivity contribution in [2.24, 2.45) is 0 Å². The molecule has 0 saturated heterocycles. The van der Waals surface area contributed by atoms with Gasteiger partial charge >= 0.3 is 262 Å². The number of anilines is 1. The molecule has 1 aliphatic heterocycles. The van der Waals surface area contributed by atoms with E-state index in [2.05, 4.69) is 143 Å². The Morgan fingerprint density at radius 3 is 2.07 bits per heavy atom. The topological polar surface area (TPSA) is 58.6 Å². The summed E-state index contributed by atoms with van der Waals surface area (Å²) in [7, 11) is 1.36. The third-order valence-electron chi connectivity index (χ3n) is 9.05. The number of benzene rings is 5. The van der Waals surface area contributed by atoms with E-state index in [0.717, 1.165) is 34.4 Å². The van der Waals surface area contributed by atoms with Crippen LogP contribution in [0, 0.1) is 0 Å². The van der Waals surface area contributed by atoms with E-state index >= 15 is 0 Å². The fraction of sp³-hybridized carbons (Fsp3) is 0.179. The van der Waals surface area contributed by atoms with Crippen LogP contribution in [0.5, 0.6) is 0 Å². The van der Waals surface area contributed by atoms with Crippen molar-refractivity contribution >= 4 is 54.3 Å². The number of hydrogen-bond donors (Lipinski definition) is 1. The van der Waals surface area contributed by atoms with Crippen LogP contribution in [0.25, 0.3) is 11.1 Å². The average Bonchev–Trinajstić information content (AvgIpc) is 3.23. The Hall–Kier alpha value is -4.25. The molecule has 1 N–H and O–H groups in total. The van der Waals surface area contributed by atoms with Crippen LogP contribution >= 0.6 is 20.8 Å². The molecule has 6 rings (SSSR count). The molecule has 46 heavy (non-hydrogen) atoms. The van der Waals surface area contributed by atoms with Crippen molar-refractivity contribution in [3.05, 3.63) is 145 Å². The maximum absolute atomic E-state index is 13.8. The Labute approximate surface area is 279 Å². The number of nitrogens with one attached hydrogen (secondary N) is 1. The summed E-state index contributed by atoms with van der Waals surface area (Å²) in [4.78, 5) is 28.1. The van der Waals surface area contributed by atoms with Gasteiger partial charge in [-0.25, -0.2) is 0 Å². The summed E-state index contributed by atoms with van der Waals surface area (Å²) >= 11 is 4.46. The average molecular weight is 694 g/mol. The molecule has 0 aliphatic carbocycles. The molecule has 1 aliphatic rings. The van der Waals surface area contributed by atoms with Gasteiger partial charge in [0.1, 0.15) is 0 Å². The van der Waals surface area contributed by atoms with Crippen molar-refractivity contribution in [1.29, 1.82) is 0 Å². The molecule has 1 atom stereocenters. The molecule has 7 heteroatoms. The molecule has 234 valence electrons. The number of esters is 1. The van der Waals surface area contributed by atoms with Crippen LogP contribution in [0.1, 0.15) is 17.5 Å². The molecule has 5 aromatic rings. The molecular weight excluding hydrogens is 655 g/mol. The monoisotopic (exact) mass is 692 g/mol. The van der Waals surface area contributed by atoms with Gasteiger partial charge in [0.05, 0.1) is 0 Å². The number of fused-ring (bicyclic) bond motifs is 1. The predicted octanol–water partition coefficient (Wildman–Crippen LogP) is 7.05. The van der Waals surface area contributed by atoms with Crippen LogP contribution < -0.4 is 21.2 Å². The molecule has 0 fully saturated rings. The number of nitrogens with zero attached hydrogens (tertiary/aromatic N) is 1. The van der Waals surface area contributed by atoms with Crippen LogP contribution in [0.15, 0.2) is 133 Å². The fourth-order valence-electron chi connectivity index (χ4n) is 6.43. The Kier molecular flexibility index (Phi) is 9.13. The van der Waals surface area contributed by atoms with E-state index in [-0.39, 0.29) is 12.3 Å². The van der Waals surface area contributed by atoms with Crippen LogP contribution in [0.4, 0.5) is 5.69 Å². The van der Waals surface area contributed by atoms with Gasteiger partial charge in [0.15, 0.2) is 0 Å². The Balaban J connectivity index is 1.44. The third-order valence-corrected chi connectivity index (χ3v) is 17.2. The minimum absolute atomic E-state index is 0.0492. The second kappa shape index (κ2) is 13.2. The minimum atomic E-state index is -3.10. The molecule has 0 spiro atoms. The van der Waals surface area contributed by atoms with Crippen molar-refractivity contribution in [2.75, 3.05) is 25.6 Å². The number of carbonyl (C=O) groups excluding carboxylic acids is 2. The summed E-state index contributed by atoms with van der Waals surface area (Å²) in [6.07, 6.45) is 0.679. The Morgan fingerprint density at radius 2 is 1.43 bits per heavy atom. The summed E-state index contributed by atoms with van der Waals surface area (Å²) in [6.45, 7) is 3.36. The van der Waals surface area contributed by atoms with Crippen molar-refractivity contribution in [3.8, 4) is 11.1 Å².